The molecule has 0 atom stereocenters. The maximum atomic E-state index is 14.2. The van der Waals surface area contributed by atoms with E-state index in [-0.39, 0.29) is 48.3 Å². The summed E-state index contributed by atoms with van der Waals surface area (Å²) in [4.78, 5) is 51.2. The van der Waals surface area contributed by atoms with Crippen molar-refractivity contribution in [2.45, 2.75) is 73.8 Å². The van der Waals surface area contributed by atoms with Gasteiger partial charge < -0.3 is 38.2 Å². The molecular formula is C54H69BrN8O14S2. The molecule has 428 valence electrons. The van der Waals surface area contributed by atoms with E-state index in [9.17, 15) is 36.0 Å². The number of carbonyl (C=O) groups excluding carboxylic acids is 4. The van der Waals surface area contributed by atoms with E-state index >= 15 is 0 Å². The standard InChI is InChI=1S/C27H34N4O7S.C22H26N4O5S.C5H9BrO2/c1-27(2,26(33)38-7)31-18-23(25(32)29(3)4)24(28-31)39(34,35)30(16-19-8-12-21(36-5)13-9-19)17-20-10-14-22(37-6)15-11-20;1-25(2)22(27)20-13-23-24-21(20)32(28,29)26(14-16-5-9-18(30-3)10-6-16)15-17-7-11-19(31-4)12-8-17;1-5(2,6)4(7)8-3/h8-15,18H,16-17H2,1-7H3;5-13H,14-15H2,1-4H3,(H,23,24);1-3H3. The lowest BCUT2D eigenvalue weighted by Gasteiger charge is -2.23. The largest absolute Gasteiger partial charge is 0.497 e. The van der Waals surface area contributed by atoms with Crippen molar-refractivity contribution in [2.24, 2.45) is 0 Å². The summed E-state index contributed by atoms with van der Waals surface area (Å²) >= 11 is 3.13. The molecule has 0 aliphatic heterocycles. The second-order valence-corrected chi connectivity index (χ2v) is 24.5. The van der Waals surface area contributed by atoms with Gasteiger partial charge in [0.25, 0.3) is 31.9 Å². The molecule has 0 spiro atoms. The highest BCUT2D eigenvalue weighted by Gasteiger charge is 2.39. The quantitative estimate of drug-likeness (QED) is 0.0578. The molecule has 25 heteroatoms. The van der Waals surface area contributed by atoms with Crippen LogP contribution in [-0.2, 0) is 70.8 Å². The van der Waals surface area contributed by atoms with Crippen LogP contribution in [0.1, 0.15) is 70.7 Å². The number of H-pyrrole nitrogens is 1. The molecular weight excluding hydrogens is 1130 g/mol. The third kappa shape index (κ3) is 16.8. The number of aromatic nitrogens is 4. The molecule has 79 heavy (non-hydrogen) atoms. The fraction of sp³-hybridized carbons (Fsp3) is 0.370. The summed E-state index contributed by atoms with van der Waals surface area (Å²) in [5.41, 5.74) is 1.38. The predicted octanol–water partition coefficient (Wildman–Crippen LogP) is 6.75. The smallest absolute Gasteiger partial charge is 0.333 e. The number of hydrogen-bond acceptors (Lipinski definition) is 16. The van der Waals surface area contributed by atoms with Gasteiger partial charge in [0.2, 0.25) is 5.03 Å². The number of methoxy groups -OCH3 is 6. The Hall–Kier alpha value is -7.32. The van der Waals surface area contributed by atoms with Gasteiger partial charge in [-0.25, -0.2) is 21.6 Å². The van der Waals surface area contributed by atoms with Crippen LogP contribution < -0.4 is 18.9 Å². The fourth-order valence-corrected chi connectivity index (χ4v) is 10.3. The lowest BCUT2D eigenvalue weighted by molar-refractivity contribution is -0.150. The number of sulfonamides is 2. The number of aromatic amines is 1. The molecule has 22 nitrogen and oxygen atoms in total. The Bertz CT molecular complexity index is 3110. The molecule has 2 heterocycles. The summed E-state index contributed by atoms with van der Waals surface area (Å²) < 4.78 is 89.0. The lowest BCUT2D eigenvalue weighted by Crippen LogP contribution is -2.37. The Morgan fingerprint density at radius 2 is 0.861 bits per heavy atom. The monoisotopic (exact) mass is 1200 g/mol. The zero-order chi connectivity index (χ0) is 59.0. The van der Waals surface area contributed by atoms with E-state index in [0.29, 0.717) is 34.1 Å². The van der Waals surface area contributed by atoms with E-state index in [1.165, 1.54) is 73.0 Å². The molecule has 0 saturated heterocycles. The van der Waals surface area contributed by atoms with Crippen molar-refractivity contribution >= 4 is 59.7 Å². The summed E-state index contributed by atoms with van der Waals surface area (Å²) in [6, 6.07) is 28.3. The van der Waals surface area contributed by atoms with Gasteiger partial charge in [-0.3, -0.25) is 24.2 Å². The van der Waals surface area contributed by atoms with Gasteiger partial charge in [-0.2, -0.15) is 18.8 Å². The molecule has 0 aliphatic carbocycles. The number of hydrogen-bond donors (Lipinski definition) is 1. The SMILES string of the molecule is COC(=O)C(C)(C)Br.COC(=O)C(C)(C)n1cc(C(=O)N(C)C)c(S(=O)(=O)N(Cc2ccc(OC)cc2)Cc2ccc(OC)cc2)n1.COc1ccc(CN(Cc2ccc(OC)cc2)S(=O)(=O)c2[nH]ncc2C(=O)N(C)C)cc1. The Balaban J connectivity index is 0.000000303. The number of alkyl halides is 1. The highest BCUT2D eigenvalue weighted by Crippen LogP contribution is 2.29. The maximum Gasteiger partial charge on any atom is 0.333 e. The first-order chi connectivity index (χ1) is 37.1. The number of ether oxygens (including phenoxy) is 6. The van der Waals surface area contributed by atoms with Gasteiger partial charge in [0.1, 0.15) is 27.3 Å². The molecule has 0 aliphatic rings. The lowest BCUT2D eigenvalue weighted by atomic mass is 10.1. The molecule has 0 unspecified atom stereocenters. The number of nitrogens with zero attached hydrogens (tertiary/aromatic N) is 7. The second-order valence-electron chi connectivity index (χ2n) is 18.8. The van der Waals surface area contributed by atoms with Gasteiger partial charge >= 0.3 is 11.9 Å². The van der Waals surface area contributed by atoms with Gasteiger partial charge in [0, 0.05) is 60.6 Å². The fourth-order valence-electron chi connectivity index (χ4n) is 7.11. The first kappa shape index (κ1) is 64.2. The number of amides is 2. The van der Waals surface area contributed by atoms with Crippen LogP contribution in [0, 0.1) is 0 Å². The molecule has 0 bridgehead atoms. The van der Waals surface area contributed by atoms with Crippen molar-refractivity contribution in [1.29, 1.82) is 0 Å². The number of esters is 2. The minimum absolute atomic E-state index is 0.00976. The van der Waals surface area contributed by atoms with E-state index < -0.39 is 52.7 Å². The average Bonchev–Trinajstić information content (AvgIpc) is 4.14. The van der Waals surface area contributed by atoms with Crippen LogP contribution in [-0.4, -0.2) is 154 Å². The van der Waals surface area contributed by atoms with E-state index in [1.54, 1.807) is 153 Å². The summed E-state index contributed by atoms with van der Waals surface area (Å²) in [6.45, 7) is 6.68. The minimum Gasteiger partial charge on any atom is -0.497 e. The highest BCUT2D eigenvalue weighted by molar-refractivity contribution is 9.10. The van der Waals surface area contributed by atoms with Crippen molar-refractivity contribution in [3.05, 3.63) is 143 Å². The summed E-state index contributed by atoms with van der Waals surface area (Å²) in [7, 11) is 6.48. The van der Waals surface area contributed by atoms with Crippen LogP contribution in [0.15, 0.2) is 120 Å². The van der Waals surface area contributed by atoms with Crippen molar-refractivity contribution in [3.63, 3.8) is 0 Å². The number of halogens is 1. The van der Waals surface area contributed by atoms with E-state index in [4.69, 9.17) is 23.7 Å². The number of rotatable bonds is 21. The molecule has 0 radical (unpaired) electrons. The van der Waals surface area contributed by atoms with E-state index in [2.05, 4.69) is 36.0 Å². The van der Waals surface area contributed by atoms with E-state index in [1.807, 2.05) is 0 Å². The topological polar surface area (TPSA) is 251 Å². The molecule has 6 aromatic rings. The van der Waals surface area contributed by atoms with Crippen molar-refractivity contribution < 1.29 is 64.4 Å². The van der Waals surface area contributed by atoms with Crippen LogP contribution in [0.3, 0.4) is 0 Å². The van der Waals surface area contributed by atoms with Crippen molar-refractivity contribution in [3.8, 4) is 23.0 Å². The second kappa shape index (κ2) is 28.0. The van der Waals surface area contributed by atoms with E-state index in [0.717, 1.165) is 15.8 Å². The Kier molecular flexibility index (Phi) is 22.8. The van der Waals surface area contributed by atoms with Gasteiger partial charge in [-0.15, -0.1) is 0 Å². The van der Waals surface area contributed by atoms with Crippen molar-refractivity contribution in [1.82, 2.24) is 38.4 Å². The normalized spacial score (nSPS) is 11.6. The van der Waals surface area contributed by atoms with Gasteiger partial charge in [-0.05, 0) is 98.5 Å². The third-order valence-electron chi connectivity index (χ3n) is 11.7. The van der Waals surface area contributed by atoms with Gasteiger partial charge in [0.05, 0.1) is 60.0 Å². The third-order valence-corrected chi connectivity index (χ3v) is 15.6. The summed E-state index contributed by atoms with van der Waals surface area (Å²) in [6.07, 6.45) is 2.50. The highest BCUT2D eigenvalue weighted by atomic mass is 79.9. The zero-order valence-corrected chi connectivity index (χ0v) is 50.0. The molecule has 4 aromatic carbocycles. The zero-order valence-electron chi connectivity index (χ0n) is 46.8. The number of benzene rings is 4. The molecule has 2 amide bonds. The summed E-state index contributed by atoms with van der Waals surface area (Å²) in [5.74, 6) is 0.678. The summed E-state index contributed by atoms with van der Waals surface area (Å²) in [5, 5.41) is 9.91. The minimum atomic E-state index is -4.37. The first-order valence-corrected chi connectivity index (χ1v) is 27.7. The van der Waals surface area contributed by atoms with Gasteiger partial charge in [0.15, 0.2) is 10.6 Å². The molecule has 0 fully saturated rings. The Labute approximate surface area is 470 Å². The molecule has 1 N–H and O–H groups in total. The Morgan fingerprint density at radius 3 is 1.15 bits per heavy atom. The first-order valence-electron chi connectivity index (χ1n) is 24.0. The van der Waals surface area contributed by atoms with Crippen LogP contribution in [0.4, 0.5) is 0 Å². The van der Waals surface area contributed by atoms with Crippen LogP contribution >= 0.6 is 15.9 Å². The molecule has 2 aromatic heterocycles. The molecule has 6 rings (SSSR count). The number of carbonyl (C=O) groups is 4. The van der Waals surface area contributed by atoms with Crippen LogP contribution in [0.2, 0.25) is 0 Å². The Morgan fingerprint density at radius 1 is 0.532 bits per heavy atom. The van der Waals surface area contributed by atoms with Crippen LogP contribution in [0.25, 0.3) is 0 Å². The number of nitrogens with one attached hydrogen (secondary N) is 1. The van der Waals surface area contributed by atoms with Crippen LogP contribution in [0.5, 0.6) is 23.0 Å². The predicted molar refractivity (Wildman–Crippen MR) is 298 cm³/mol. The maximum absolute atomic E-state index is 14.2. The van der Waals surface area contributed by atoms with Crippen molar-refractivity contribution in [2.75, 3.05) is 70.8 Å². The average molecular weight is 1200 g/mol. The van der Waals surface area contributed by atoms with Gasteiger partial charge in [-0.1, -0.05) is 64.5 Å². The molecule has 0 saturated carbocycles.